The molecule has 2 rings (SSSR count). The third kappa shape index (κ3) is 20.6. The van der Waals surface area contributed by atoms with E-state index in [1.807, 2.05) is 48.5 Å². The normalized spacial score (nSPS) is 10.0. The summed E-state index contributed by atoms with van der Waals surface area (Å²) in [5.74, 6) is 1.76. The van der Waals surface area contributed by atoms with Gasteiger partial charge in [-0.1, -0.05) is 153 Å². The topological polar surface area (TPSA) is 9.23 Å². The number of unbranched alkanes of at least 4 members (excludes halogenated alkanes) is 12. The zero-order valence-electron chi connectivity index (χ0n) is 22.9. The fourth-order valence-corrected chi connectivity index (χ4v) is 3.41. The largest absolute Gasteiger partial charge is 0.457 e. The van der Waals surface area contributed by atoms with Crippen molar-refractivity contribution in [2.75, 3.05) is 0 Å². The molecule has 0 heterocycles. The van der Waals surface area contributed by atoms with Crippen LogP contribution < -0.4 is 4.74 Å². The lowest BCUT2D eigenvalue weighted by Crippen LogP contribution is -1.84. The van der Waals surface area contributed by atoms with Crippen LogP contribution >= 0.6 is 0 Å². The van der Waals surface area contributed by atoms with Crippen LogP contribution in [-0.2, 0) is 0 Å². The van der Waals surface area contributed by atoms with Gasteiger partial charge in [-0.3, -0.25) is 0 Å². The van der Waals surface area contributed by atoms with Gasteiger partial charge in [-0.15, -0.1) is 0 Å². The van der Waals surface area contributed by atoms with E-state index < -0.39 is 0 Å². The molecule has 0 saturated heterocycles. The van der Waals surface area contributed by atoms with Crippen LogP contribution in [0, 0.1) is 13.8 Å². The van der Waals surface area contributed by atoms with Crippen LogP contribution in [0.2, 0.25) is 0 Å². The summed E-state index contributed by atoms with van der Waals surface area (Å²) in [5.41, 5.74) is 2.48. The molecule has 2 aromatic carbocycles. The summed E-state index contributed by atoms with van der Waals surface area (Å²) in [4.78, 5) is 0. The Balaban J connectivity index is 0.000000499. The molecule has 1 nitrogen and oxygen atoms in total. The summed E-state index contributed by atoms with van der Waals surface area (Å²) in [7, 11) is 0. The Kier molecular flexibility index (Phi) is 22.2. The monoisotopic (exact) mass is 454 g/mol. The number of ether oxygens (including phenoxy) is 1. The highest BCUT2D eigenvalue weighted by Crippen LogP contribution is 2.21. The summed E-state index contributed by atoms with van der Waals surface area (Å²) < 4.78 is 5.69. The quantitative estimate of drug-likeness (QED) is 0.258. The lowest BCUT2D eigenvalue weighted by atomic mass is 10.1. The van der Waals surface area contributed by atoms with Crippen LogP contribution in [0.4, 0.5) is 0 Å². The average molecular weight is 455 g/mol. The van der Waals surface area contributed by atoms with Crippen molar-refractivity contribution >= 4 is 0 Å². The molecule has 0 atom stereocenters. The minimum Gasteiger partial charge on any atom is -0.457 e. The third-order valence-electron chi connectivity index (χ3n) is 5.69. The van der Waals surface area contributed by atoms with Crippen molar-refractivity contribution in [1.82, 2.24) is 0 Å². The Hall–Kier alpha value is -1.76. The molecule has 2 aromatic rings. The first-order chi connectivity index (χ1) is 16.1. The Morgan fingerprint density at radius 1 is 0.394 bits per heavy atom. The van der Waals surface area contributed by atoms with E-state index >= 15 is 0 Å². The standard InChI is InChI=1S/C14H14O.C10H22.C8H18/c1-11-3-7-13(8-4-11)15-14-9-5-12(2)6-10-14;1-3-5-7-9-10-8-6-4-2;1-3-5-7-8-6-4-2/h3-10H,1-2H3;3-10H2,1-2H3;3-8H2,1-2H3. The van der Waals surface area contributed by atoms with Gasteiger partial charge in [-0.05, 0) is 38.1 Å². The first-order valence-electron chi connectivity index (χ1n) is 13.9. The number of hydrogen-bond donors (Lipinski definition) is 0. The summed E-state index contributed by atoms with van der Waals surface area (Å²) in [6.07, 6.45) is 19.9. The Labute approximate surface area is 207 Å². The first kappa shape index (κ1) is 31.2. The van der Waals surface area contributed by atoms with Crippen LogP contribution in [0.1, 0.15) is 129 Å². The van der Waals surface area contributed by atoms with Gasteiger partial charge in [0.25, 0.3) is 0 Å². The molecule has 0 bridgehead atoms. The van der Waals surface area contributed by atoms with E-state index in [4.69, 9.17) is 4.74 Å². The van der Waals surface area contributed by atoms with Crippen LogP contribution in [-0.4, -0.2) is 0 Å². The van der Waals surface area contributed by atoms with Gasteiger partial charge in [0.2, 0.25) is 0 Å². The number of aryl methyl sites for hydroxylation is 2. The van der Waals surface area contributed by atoms with E-state index in [0.717, 1.165) is 11.5 Å². The molecule has 0 N–H and O–H groups in total. The molecule has 0 aromatic heterocycles. The van der Waals surface area contributed by atoms with E-state index in [1.165, 1.54) is 101 Å². The maximum absolute atomic E-state index is 5.69. The summed E-state index contributed by atoms with van der Waals surface area (Å²) >= 11 is 0. The smallest absolute Gasteiger partial charge is 0.127 e. The highest BCUT2D eigenvalue weighted by Gasteiger charge is 1.95. The molecule has 0 amide bonds. The predicted octanol–water partition coefficient (Wildman–Crippen LogP) is 11.6. The molecule has 0 unspecified atom stereocenters. The molecular weight excluding hydrogens is 400 g/mol. The molecule has 0 saturated carbocycles. The Morgan fingerprint density at radius 2 is 0.636 bits per heavy atom. The fraction of sp³-hybridized carbons (Fsp3) is 0.625. The van der Waals surface area contributed by atoms with Crippen molar-refractivity contribution in [2.45, 2.75) is 131 Å². The molecule has 0 radical (unpaired) electrons. The van der Waals surface area contributed by atoms with E-state index in [-0.39, 0.29) is 0 Å². The molecule has 33 heavy (non-hydrogen) atoms. The van der Waals surface area contributed by atoms with E-state index in [0.29, 0.717) is 0 Å². The van der Waals surface area contributed by atoms with Crippen molar-refractivity contribution in [2.24, 2.45) is 0 Å². The zero-order valence-corrected chi connectivity index (χ0v) is 22.9. The van der Waals surface area contributed by atoms with E-state index in [1.54, 1.807) is 0 Å². The van der Waals surface area contributed by atoms with Crippen LogP contribution in [0.5, 0.6) is 11.5 Å². The number of benzene rings is 2. The van der Waals surface area contributed by atoms with Crippen LogP contribution in [0.15, 0.2) is 48.5 Å². The van der Waals surface area contributed by atoms with Crippen molar-refractivity contribution in [3.63, 3.8) is 0 Å². The molecular formula is C32H54O. The van der Waals surface area contributed by atoms with Crippen LogP contribution in [0.3, 0.4) is 0 Å². The van der Waals surface area contributed by atoms with Gasteiger partial charge in [0, 0.05) is 0 Å². The molecule has 0 aliphatic heterocycles. The van der Waals surface area contributed by atoms with Gasteiger partial charge in [-0.25, -0.2) is 0 Å². The SMILES string of the molecule is CCCCCCCC.CCCCCCCCCC.Cc1ccc(Oc2ccc(C)cc2)cc1. The van der Waals surface area contributed by atoms with Gasteiger partial charge in [0.05, 0.1) is 0 Å². The molecule has 0 aliphatic carbocycles. The Morgan fingerprint density at radius 3 is 0.879 bits per heavy atom. The average Bonchev–Trinajstić information content (AvgIpc) is 2.83. The van der Waals surface area contributed by atoms with Gasteiger partial charge >= 0.3 is 0 Å². The minimum absolute atomic E-state index is 0.879. The highest BCUT2D eigenvalue weighted by molar-refractivity contribution is 5.33. The minimum atomic E-state index is 0.879. The zero-order chi connectivity index (χ0) is 24.6. The number of hydrogen-bond acceptors (Lipinski definition) is 1. The maximum Gasteiger partial charge on any atom is 0.127 e. The van der Waals surface area contributed by atoms with Gasteiger partial charge in [0.1, 0.15) is 11.5 Å². The van der Waals surface area contributed by atoms with Gasteiger partial charge < -0.3 is 4.74 Å². The third-order valence-corrected chi connectivity index (χ3v) is 5.69. The summed E-state index contributed by atoms with van der Waals surface area (Å²) in [6.45, 7) is 13.2. The van der Waals surface area contributed by atoms with Crippen molar-refractivity contribution in [3.8, 4) is 11.5 Å². The second kappa shape index (κ2) is 23.4. The summed E-state index contributed by atoms with van der Waals surface area (Å²) in [5, 5.41) is 0. The Bertz CT molecular complexity index is 569. The van der Waals surface area contributed by atoms with Crippen molar-refractivity contribution in [3.05, 3.63) is 59.7 Å². The maximum atomic E-state index is 5.69. The fourth-order valence-electron chi connectivity index (χ4n) is 3.41. The molecule has 1 heteroatoms. The van der Waals surface area contributed by atoms with E-state index in [9.17, 15) is 0 Å². The van der Waals surface area contributed by atoms with Gasteiger partial charge in [0.15, 0.2) is 0 Å². The molecule has 188 valence electrons. The lowest BCUT2D eigenvalue weighted by Gasteiger charge is -2.05. The van der Waals surface area contributed by atoms with Gasteiger partial charge in [-0.2, -0.15) is 0 Å². The molecule has 0 aliphatic rings. The molecule has 0 spiro atoms. The number of rotatable bonds is 14. The second-order valence-corrected chi connectivity index (χ2v) is 9.26. The van der Waals surface area contributed by atoms with Crippen molar-refractivity contribution in [1.29, 1.82) is 0 Å². The highest BCUT2D eigenvalue weighted by atomic mass is 16.5. The van der Waals surface area contributed by atoms with E-state index in [2.05, 4.69) is 41.5 Å². The molecule has 0 fully saturated rings. The van der Waals surface area contributed by atoms with Crippen molar-refractivity contribution < 1.29 is 4.74 Å². The first-order valence-corrected chi connectivity index (χ1v) is 13.9. The summed E-state index contributed by atoms with van der Waals surface area (Å²) in [6, 6.07) is 16.1. The predicted molar refractivity (Wildman–Crippen MR) is 150 cm³/mol. The second-order valence-electron chi connectivity index (χ2n) is 9.26. The van der Waals surface area contributed by atoms with Crippen LogP contribution in [0.25, 0.3) is 0 Å². The lowest BCUT2D eigenvalue weighted by molar-refractivity contribution is 0.482.